The number of alkyl halides is 2. The average molecular weight is 391 g/mol. The van der Waals surface area contributed by atoms with Gasteiger partial charge in [-0.3, -0.25) is 9.59 Å². The number of rotatable bonds is 5. The highest BCUT2D eigenvalue weighted by Gasteiger charge is 2.39. The molecule has 8 heteroatoms. The van der Waals surface area contributed by atoms with Gasteiger partial charge in [0.15, 0.2) is 0 Å². The molecule has 3 atom stereocenters. The van der Waals surface area contributed by atoms with E-state index in [9.17, 15) is 18.4 Å². The molecule has 0 saturated carbocycles. The van der Waals surface area contributed by atoms with Crippen LogP contribution in [0.5, 0.6) is 0 Å². The molecular weight excluding hydrogens is 372 g/mol. The maximum atomic E-state index is 12.6. The number of nitrogens with one attached hydrogen (secondary N) is 3. The Balaban J connectivity index is 1.49. The summed E-state index contributed by atoms with van der Waals surface area (Å²) in [5.74, 6) is -1.47. The van der Waals surface area contributed by atoms with Crippen LogP contribution in [-0.4, -0.2) is 36.4 Å². The topological polar surface area (TPSA) is 70.2 Å². The summed E-state index contributed by atoms with van der Waals surface area (Å²) in [4.78, 5) is 25.2. The molecule has 1 aromatic carbocycles. The van der Waals surface area contributed by atoms with Gasteiger partial charge in [0.05, 0.1) is 4.88 Å². The van der Waals surface area contributed by atoms with Crippen molar-refractivity contribution in [2.75, 3.05) is 5.32 Å². The Morgan fingerprint density at radius 1 is 1.15 bits per heavy atom. The van der Waals surface area contributed by atoms with E-state index in [1.54, 1.807) is 36.4 Å². The summed E-state index contributed by atoms with van der Waals surface area (Å²) in [5, 5.41) is 8.81. The zero-order valence-corrected chi connectivity index (χ0v) is 15.2. The fraction of sp³-hybridized carbons (Fsp3) is 0.368. The lowest BCUT2D eigenvalue weighted by Gasteiger charge is -2.21. The number of anilines is 1. The van der Waals surface area contributed by atoms with Crippen molar-refractivity contribution in [1.29, 1.82) is 0 Å². The van der Waals surface area contributed by atoms with Gasteiger partial charge in [-0.1, -0.05) is 18.2 Å². The molecule has 2 saturated heterocycles. The standard InChI is InChI=1S/C19H19F2N3O2S/c20-17(21)19(26)23-12-4-2-1-3-11(12)15-7-8-16(27-15)18(25)24-14-9-10-5-6-13(14)22-10/h1-4,7-8,10,13-14,17,22H,5-6,9H2,(H,23,26)(H,24,25). The molecule has 2 aromatic rings. The Labute approximate surface area is 159 Å². The second-order valence-electron chi connectivity index (χ2n) is 6.86. The quantitative estimate of drug-likeness (QED) is 0.733. The third kappa shape index (κ3) is 3.72. The summed E-state index contributed by atoms with van der Waals surface area (Å²) in [5.41, 5.74) is 0.908. The maximum absolute atomic E-state index is 12.6. The summed E-state index contributed by atoms with van der Waals surface area (Å²) in [6.45, 7) is 0. The Morgan fingerprint density at radius 3 is 2.67 bits per heavy atom. The highest BCUT2D eigenvalue weighted by atomic mass is 32.1. The molecule has 2 aliphatic heterocycles. The van der Waals surface area contributed by atoms with E-state index in [1.807, 2.05) is 0 Å². The Hall–Kier alpha value is -2.32. The molecule has 0 radical (unpaired) electrons. The number of benzene rings is 1. The third-order valence-corrected chi connectivity index (χ3v) is 6.21. The van der Waals surface area contributed by atoms with Gasteiger partial charge in [-0.25, -0.2) is 0 Å². The van der Waals surface area contributed by atoms with Gasteiger partial charge in [0.25, 0.3) is 11.8 Å². The van der Waals surface area contributed by atoms with Crippen molar-refractivity contribution in [2.24, 2.45) is 0 Å². The van der Waals surface area contributed by atoms with Gasteiger partial charge in [0.2, 0.25) is 0 Å². The summed E-state index contributed by atoms with van der Waals surface area (Å²) in [6, 6.07) is 11.2. The Bertz CT molecular complexity index is 870. The van der Waals surface area contributed by atoms with E-state index in [0.29, 0.717) is 28.2 Å². The maximum Gasteiger partial charge on any atom is 0.315 e. The molecule has 2 bridgehead atoms. The fourth-order valence-corrected chi connectivity index (χ4v) is 4.77. The smallest absolute Gasteiger partial charge is 0.315 e. The molecule has 0 spiro atoms. The molecule has 142 valence electrons. The molecule has 2 amide bonds. The molecule has 0 aliphatic carbocycles. The molecule has 4 rings (SSSR count). The summed E-state index contributed by atoms with van der Waals surface area (Å²) >= 11 is 1.28. The van der Waals surface area contributed by atoms with Crippen molar-refractivity contribution in [2.45, 2.75) is 43.8 Å². The highest BCUT2D eigenvalue weighted by molar-refractivity contribution is 7.17. The predicted molar refractivity (Wildman–Crippen MR) is 100 cm³/mol. The number of carbonyl (C=O) groups is 2. The molecular formula is C19H19F2N3O2S. The van der Waals surface area contributed by atoms with Crippen LogP contribution in [0.3, 0.4) is 0 Å². The number of amides is 2. The average Bonchev–Trinajstić information content (AvgIpc) is 3.39. The summed E-state index contributed by atoms with van der Waals surface area (Å²) < 4.78 is 25.1. The summed E-state index contributed by atoms with van der Waals surface area (Å²) in [6.07, 6.45) is 0.124. The van der Waals surface area contributed by atoms with Crippen LogP contribution in [0.15, 0.2) is 36.4 Å². The normalized spacial score (nSPS) is 23.6. The van der Waals surface area contributed by atoms with Crippen molar-refractivity contribution in [3.8, 4) is 10.4 Å². The van der Waals surface area contributed by atoms with E-state index in [1.165, 1.54) is 17.8 Å². The molecule has 3 N–H and O–H groups in total. The molecule has 3 unspecified atom stereocenters. The van der Waals surface area contributed by atoms with Gasteiger partial charge >= 0.3 is 6.43 Å². The third-order valence-electron chi connectivity index (χ3n) is 5.09. The van der Waals surface area contributed by atoms with Crippen molar-refractivity contribution < 1.29 is 18.4 Å². The van der Waals surface area contributed by atoms with E-state index in [2.05, 4.69) is 16.0 Å². The van der Waals surface area contributed by atoms with Crippen LogP contribution in [0.1, 0.15) is 28.9 Å². The first kappa shape index (κ1) is 18.1. The van der Waals surface area contributed by atoms with E-state index in [0.717, 1.165) is 17.7 Å². The van der Waals surface area contributed by atoms with E-state index in [4.69, 9.17) is 0 Å². The van der Waals surface area contributed by atoms with Crippen LogP contribution in [-0.2, 0) is 4.79 Å². The van der Waals surface area contributed by atoms with Crippen LogP contribution in [0, 0.1) is 0 Å². The van der Waals surface area contributed by atoms with Gasteiger partial charge in [0.1, 0.15) is 0 Å². The van der Waals surface area contributed by atoms with Crippen LogP contribution in [0.2, 0.25) is 0 Å². The first-order valence-corrected chi connectivity index (χ1v) is 9.68. The minimum absolute atomic E-state index is 0.125. The van der Waals surface area contributed by atoms with Crippen LogP contribution < -0.4 is 16.0 Å². The highest BCUT2D eigenvalue weighted by Crippen LogP contribution is 2.34. The first-order chi connectivity index (χ1) is 13.0. The lowest BCUT2D eigenvalue weighted by Crippen LogP contribution is -2.42. The number of halogens is 2. The minimum Gasteiger partial charge on any atom is -0.347 e. The number of hydrogen-bond acceptors (Lipinski definition) is 4. The Morgan fingerprint density at radius 2 is 1.96 bits per heavy atom. The zero-order chi connectivity index (χ0) is 19.0. The van der Waals surface area contributed by atoms with E-state index in [-0.39, 0.29) is 11.9 Å². The SMILES string of the molecule is O=C(NC1CC2CCC1N2)c1ccc(-c2ccccc2NC(=O)C(F)F)s1. The van der Waals surface area contributed by atoms with Gasteiger partial charge in [-0.05, 0) is 37.5 Å². The van der Waals surface area contributed by atoms with Crippen molar-refractivity contribution >= 4 is 28.8 Å². The Kier molecular flexibility index (Phi) is 4.92. The van der Waals surface area contributed by atoms with Crippen molar-refractivity contribution in [1.82, 2.24) is 10.6 Å². The monoisotopic (exact) mass is 391 g/mol. The first-order valence-electron chi connectivity index (χ1n) is 8.86. The lowest BCUT2D eigenvalue weighted by molar-refractivity contribution is -0.126. The van der Waals surface area contributed by atoms with Gasteiger partial charge in [-0.15, -0.1) is 11.3 Å². The van der Waals surface area contributed by atoms with Gasteiger partial charge in [-0.2, -0.15) is 8.78 Å². The largest absolute Gasteiger partial charge is 0.347 e. The number of carbonyl (C=O) groups excluding carboxylic acids is 2. The molecule has 2 fully saturated rings. The summed E-state index contributed by atoms with van der Waals surface area (Å²) in [7, 11) is 0. The zero-order valence-electron chi connectivity index (χ0n) is 14.4. The van der Waals surface area contributed by atoms with Crippen molar-refractivity contribution in [3.63, 3.8) is 0 Å². The second kappa shape index (κ2) is 7.36. The lowest BCUT2D eigenvalue weighted by atomic mass is 9.95. The number of hydrogen-bond donors (Lipinski definition) is 3. The van der Waals surface area contributed by atoms with Crippen LogP contribution in [0.4, 0.5) is 14.5 Å². The molecule has 27 heavy (non-hydrogen) atoms. The number of thiophene rings is 1. The fourth-order valence-electron chi connectivity index (χ4n) is 3.82. The second-order valence-corrected chi connectivity index (χ2v) is 7.95. The molecule has 1 aromatic heterocycles. The van der Waals surface area contributed by atoms with Crippen LogP contribution >= 0.6 is 11.3 Å². The molecule has 3 heterocycles. The number of fused-ring (bicyclic) bond motifs is 2. The van der Waals surface area contributed by atoms with Crippen molar-refractivity contribution in [3.05, 3.63) is 41.3 Å². The van der Waals surface area contributed by atoms with Gasteiger partial charge < -0.3 is 16.0 Å². The predicted octanol–water partition coefficient (Wildman–Crippen LogP) is 3.24. The van der Waals surface area contributed by atoms with Crippen LogP contribution in [0.25, 0.3) is 10.4 Å². The van der Waals surface area contributed by atoms with E-state index < -0.39 is 12.3 Å². The number of para-hydroxylation sites is 1. The molecule has 2 aliphatic rings. The van der Waals surface area contributed by atoms with E-state index >= 15 is 0 Å². The minimum atomic E-state index is -3.09. The van der Waals surface area contributed by atoms with Gasteiger partial charge in [0, 0.05) is 34.3 Å². The molecule has 5 nitrogen and oxygen atoms in total.